The second-order valence-corrected chi connectivity index (χ2v) is 4.02. The number of nitrogens with one attached hydrogen (secondary N) is 1. The highest BCUT2D eigenvalue weighted by Crippen LogP contribution is 2.25. The van der Waals surface area contributed by atoms with E-state index in [9.17, 15) is 10.2 Å². The minimum Gasteiger partial charge on any atom is -0.504 e. The van der Waals surface area contributed by atoms with Gasteiger partial charge >= 0.3 is 0 Å². The van der Waals surface area contributed by atoms with Crippen molar-refractivity contribution in [3.05, 3.63) is 23.8 Å². The number of phenols is 2. The van der Waals surface area contributed by atoms with Crippen LogP contribution in [0.15, 0.2) is 18.2 Å². The lowest BCUT2D eigenvalue weighted by Gasteiger charge is -2.16. The molecule has 1 rings (SSSR count). The molecule has 3 N–H and O–H groups in total. The van der Waals surface area contributed by atoms with Crippen molar-refractivity contribution in [2.24, 2.45) is 0 Å². The van der Waals surface area contributed by atoms with Crippen molar-refractivity contribution >= 4 is 0 Å². The molecular weight excluding hydrogens is 204 g/mol. The first-order valence-corrected chi connectivity index (χ1v) is 5.47. The SMILES string of the molecule is CNCCCN(C)Cc1ccc(O)c(O)c1. The fourth-order valence-corrected chi connectivity index (χ4v) is 1.58. The summed E-state index contributed by atoms with van der Waals surface area (Å²) in [4.78, 5) is 2.18. The van der Waals surface area contributed by atoms with E-state index in [-0.39, 0.29) is 11.5 Å². The van der Waals surface area contributed by atoms with E-state index >= 15 is 0 Å². The monoisotopic (exact) mass is 224 g/mol. The Kier molecular flexibility index (Phi) is 5.08. The number of rotatable bonds is 6. The van der Waals surface area contributed by atoms with E-state index in [1.165, 1.54) is 6.07 Å². The summed E-state index contributed by atoms with van der Waals surface area (Å²) >= 11 is 0. The largest absolute Gasteiger partial charge is 0.504 e. The third kappa shape index (κ3) is 4.08. The maximum atomic E-state index is 9.35. The fraction of sp³-hybridized carbons (Fsp3) is 0.500. The lowest BCUT2D eigenvalue weighted by atomic mass is 10.2. The minimum atomic E-state index is -0.0680. The second-order valence-electron chi connectivity index (χ2n) is 4.02. The Morgan fingerprint density at radius 2 is 2.00 bits per heavy atom. The van der Waals surface area contributed by atoms with Crippen molar-refractivity contribution in [2.75, 3.05) is 27.2 Å². The molecule has 4 heteroatoms. The molecule has 4 nitrogen and oxygen atoms in total. The summed E-state index contributed by atoms with van der Waals surface area (Å²) in [7, 11) is 3.98. The molecule has 0 aliphatic carbocycles. The van der Waals surface area contributed by atoms with Crippen LogP contribution in [0.2, 0.25) is 0 Å². The van der Waals surface area contributed by atoms with Crippen LogP contribution in [-0.4, -0.2) is 42.3 Å². The van der Waals surface area contributed by atoms with Crippen molar-refractivity contribution in [1.82, 2.24) is 10.2 Å². The quantitative estimate of drug-likeness (QED) is 0.501. The molecule has 0 spiro atoms. The molecule has 0 aromatic heterocycles. The Bertz CT molecular complexity index is 329. The molecule has 90 valence electrons. The number of nitrogens with zero attached hydrogens (tertiary/aromatic N) is 1. The maximum Gasteiger partial charge on any atom is 0.157 e. The smallest absolute Gasteiger partial charge is 0.157 e. The van der Waals surface area contributed by atoms with E-state index in [4.69, 9.17) is 0 Å². The molecule has 0 atom stereocenters. The molecule has 0 saturated heterocycles. The molecule has 1 aromatic rings. The van der Waals surface area contributed by atoms with Crippen LogP contribution >= 0.6 is 0 Å². The van der Waals surface area contributed by atoms with E-state index in [1.54, 1.807) is 6.07 Å². The van der Waals surface area contributed by atoms with Gasteiger partial charge in [0, 0.05) is 6.54 Å². The predicted molar refractivity (Wildman–Crippen MR) is 64.6 cm³/mol. The van der Waals surface area contributed by atoms with Crippen LogP contribution in [0.3, 0.4) is 0 Å². The molecule has 0 saturated carbocycles. The van der Waals surface area contributed by atoms with Crippen LogP contribution in [0, 0.1) is 0 Å². The normalized spacial score (nSPS) is 10.9. The Morgan fingerprint density at radius 3 is 2.62 bits per heavy atom. The van der Waals surface area contributed by atoms with Gasteiger partial charge in [-0.1, -0.05) is 6.07 Å². The summed E-state index contributed by atoms with van der Waals surface area (Å²) in [6.45, 7) is 2.78. The van der Waals surface area contributed by atoms with Gasteiger partial charge in [0.15, 0.2) is 11.5 Å². The van der Waals surface area contributed by atoms with Crippen molar-refractivity contribution < 1.29 is 10.2 Å². The first-order valence-electron chi connectivity index (χ1n) is 5.47. The van der Waals surface area contributed by atoms with Crippen LogP contribution < -0.4 is 5.32 Å². The lowest BCUT2D eigenvalue weighted by Crippen LogP contribution is -2.22. The van der Waals surface area contributed by atoms with Gasteiger partial charge in [-0.25, -0.2) is 0 Å². The average Bonchev–Trinajstić information content (AvgIpc) is 2.24. The van der Waals surface area contributed by atoms with E-state index in [2.05, 4.69) is 10.2 Å². The molecule has 0 aliphatic rings. The van der Waals surface area contributed by atoms with Crippen LogP contribution in [-0.2, 0) is 6.54 Å². The zero-order valence-electron chi connectivity index (χ0n) is 9.90. The summed E-state index contributed by atoms with van der Waals surface area (Å²) in [5, 5.41) is 21.6. The summed E-state index contributed by atoms with van der Waals surface area (Å²) in [6, 6.07) is 4.94. The van der Waals surface area contributed by atoms with Crippen molar-refractivity contribution in [3.8, 4) is 11.5 Å². The zero-order valence-corrected chi connectivity index (χ0v) is 9.90. The number of hydrogen-bond donors (Lipinski definition) is 3. The molecule has 0 heterocycles. The highest BCUT2D eigenvalue weighted by Gasteiger charge is 2.03. The standard InChI is InChI=1S/C12H20N2O2/c1-13-6-3-7-14(2)9-10-4-5-11(15)12(16)8-10/h4-5,8,13,15-16H,3,6-7,9H2,1-2H3. The van der Waals surface area contributed by atoms with Gasteiger partial charge < -0.3 is 20.4 Å². The fourth-order valence-electron chi connectivity index (χ4n) is 1.58. The molecule has 1 aromatic carbocycles. The molecule has 0 bridgehead atoms. The Hall–Kier alpha value is -1.26. The number of benzene rings is 1. The zero-order chi connectivity index (χ0) is 12.0. The second kappa shape index (κ2) is 6.35. The topological polar surface area (TPSA) is 55.7 Å². The van der Waals surface area contributed by atoms with Gasteiger partial charge in [0.1, 0.15) is 0 Å². The van der Waals surface area contributed by atoms with Gasteiger partial charge in [-0.3, -0.25) is 0 Å². The van der Waals surface area contributed by atoms with Crippen LogP contribution in [0.1, 0.15) is 12.0 Å². The van der Waals surface area contributed by atoms with Gasteiger partial charge in [-0.15, -0.1) is 0 Å². The highest BCUT2D eigenvalue weighted by molar-refractivity contribution is 5.40. The highest BCUT2D eigenvalue weighted by atomic mass is 16.3. The number of phenolic OH excluding ortho intramolecular Hbond substituents is 2. The summed E-state index contributed by atoms with van der Waals surface area (Å²) in [5.41, 5.74) is 1.00. The minimum absolute atomic E-state index is 0.0545. The average molecular weight is 224 g/mol. The summed E-state index contributed by atoms with van der Waals surface area (Å²) < 4.78 is 0. The molecule has 0 fully saturated rings. The number of hydrogen-bond acceptors (Lipinski definition) is 4. The van der Waals surface area contributed by atoms with Crippen molar-refractivity contribution in [3.63, 3.8) is 0 Å². The first-order chi connectivity index (χ1) is 7.63. The lowest BCUT2D eigenvalue weighted by molar-refractivity contribution is 0.320. The maximum absolute atomic E-state index is 9.35. The van der Waals surface area contributed by atoms with Crippen LogP contribution in [0.25, 0.3) is 0 Å². The van der Waals surface area contributed by atoms with Gasteiger partial charge in [-0.2, -0.15) is 0 Å². The van der Waals surface area contributed by atoms with Crippen molar-refractivity contribution in [1.29, 1.82) is 0 Å². The van der Waals surface area contributed by atoms with E-state index in [0.29, 0.717) is 0 Å². The third-order valence-corrected chi connectivity index (χ3v) is 2.46. The van der Waals surface area contributed by atoms with Crippen molar-refractivity contribution in [2.45, 2.75) is 13.0 Å². The van der Waals surface area contributed by atoms with Crippen LogP contribution in [0.5, 0.6) is 11.5 Å². The van der Waals surface area contributed by atoms with Gasteiger partial charge in [0.05, 0.1) is 0 Å². The third-order valence-electron chi connectivity index (χ3n) is 2.46. The first kappa shape index (κ1) is 12.8. The van der Waals surface area contributed by atoms with E-state index in [1.807, 2.05) is 20.2 Å². The molecular formula is C12H20N2O2. The summed E-state index contributed by atoms with van der Waals surface area (Å²) in [6.07, 6.45) is 1.09. The Balaban J connectivity index is 2.43. The van der Waals surface area contributed by atoms with Gasteiger partial charge in [0.25, 0.3) is 0 Å². The summed E-state index contributed by atoms with van der Waals surface area (Å²) in [5.74, 6) is -0.122. The molecule has 0 unspecified atom stereocenters. The molecule has 0 radical (unpaired) electrons. The van der Waals surface area contributed by atoms with E-state index < -0.39 is 0 Å². The number of aromatic hydroxyl groups is 2. The molecule has 0 amide bonds. The molecule has 16 heavy (non-hydrogen) atoms. The molecule has 0 aliphatic heterocycles. The predicted octanol–water partition coefficient (Wildman–Crippen LogP) is 1.14. The van der Waals surface area contributed by atoms with Gasteiger partial charge in [-0.05, 0) is 51.3 Å². The Morgan fingerprint density at radius 1 is 1.25 bits per heavy atom. The van der Waals surface area contributed by atoms with Gasteiger partial charge in [0.2, 0.25) is 0 Å². The van der Waals surface area contributed by atoms with E-state index in [0.717, 1.165) is 31.6 Å². The van der Waals surface area contributed by atoms with Crippen LogP contribution in [0.4, 0.5) is 0 Å². The Labute approximate surface area is 96.5 Å².